The molecular weight excluding hydrogens is 284 g/mol. The number of carboxylic acid groups (broad SMARTS) is 1. The number of aromatic carboxylic acids is 1. The van der Waals surface area contributed by atoms with E-state index in [0.717, 1.165) is 17.3 Å². The van der Waals surface area contributed by atoms with Gasteiger partial charge in [-0.05, 0) is 19.9 Å². The summed E-state index contributed by atoms with van der Waals surface area (Å²) in [4.78, 5) is 10.9. The number of ether oxygens (including phenoxy) is 1. The van der Waals surface area contributed by atoms with Gasteiger partial charge in [0.2, 0.25) is 5.88 Å². The van der Waals surface area contributed by atoms with Crippen molar-refractivity contribution in [1.29, 1.82) is 0 Å². The van der Waals surface area contributed by atoms with E-state index >= 15 is 0 Å². The van der Waals surface area contributed by atoms with Crippen LogP contribution in [0.4, 0.5) is 0 Å². The first-order valence-electron chi connectivity index (χ1n) is 5.75. The van der Waals surface area contributed by atoms with Crippen LogP contribution in [0.25, 0.3) is 0 Å². The first-order chi connectivity index (χ1) is 9.31. The highest BCUT2D eigenvalue weighted by Crippen LogP contribution is 2.36. The van der Waals surface area contributed by atoms with Gasteiger partial charge in [0, 0.05) is 18.7 Å². The molecule has 2 N–H and O–H groups in total. The predicted octanol–water partition coefficient (Wildman–Crippen LogP) is 2.89. The zero-order valence-electron chi connectivity index (χ0n) is 11.1. The Bertz CT molecular complexity index is 694. The zero-order chi connectivity index (χ0) is 15.0. The molecular formula is C13H13ClN2O4. The Hall–Kier alpha value is -2.21. The molecule has 2 rings (SSSR count). The number of hydrogen-bond acceptors (Lipinski definition) is 4. The average Bonchev–Trinajstić information content (AvgIpc) is 2.59. The minimum atomic E-state index is -1.26. The van der Waals surface area contributed by atoms with E-state index < -0.39 is 11.7 Å². The van der Waals surface area contributed by atoms with Gasteiger partial charge in [0.25, 0.3) is 0 Å². The van der Waals surface area contributed by atoms with Gasteiger partial charge >= 0.3 is 5.97 Å². The second-order valence-corrected chi connectivity index (χ2v) is 4.75. The molecule has 1 heterocycles. The standard InChI is InChI=1S/C13H13ClN2O4/c1-6-7(2)15-16(3)12(6)20-11-5-10(17)8(13(18)19)4-9(11)14/h4-5,17H,1-3H3,(H,18,19). The number of carboxylic acids is 1. The van der Waals surface area contributed by atoms with Crippen molar-refractivity contribution in [2.24, 2.45) is 7.05 Å². The third-order valence-corrected chi connectivity index (χ3v) is 3.24. The van der Waals surface area contributed by atoms with Gasteiger partial charge in [-0.3, -0.25) is 0 Å². The number of nitrogens with zero attached hydrogens (tertiary/aromatic N) is 2. The zero-order valence-corrected chi connectivity index (χ0v) is 11.9. The molecule has 0 spiro atoms. The smallest absolute Gasteiger partial charge is 0.339 e. The highest BCUT2D eigenvalue weighted by molar-refractivity contribution is 6.32. The number of aromatic nitrogens is 2. The Kier molecular flexibility index (Phi) is 3.59. The summed E-state index contributed by atoms with van der Waals surface area (Å²) in [5, 5.41) is 22.8. The highest BCUT2D eigenvalue weighted by atomic mass is 35.5. The van der Waals surface area contributed by atoms with Crippen LogP contribution >= 0.6 is 11.6 Å². The van der Waals surface area contributed by atoms with Crippen LogP contribution in [-0.2, 0) is 7.05 Å². The summed E-state index contributed by atoms with van der Waals surface area (Å²) in [6, 6.07) is 2.32. The number of aryl methyl sites for hydroxylation is 2. The van der Waals surface area contributed by atoms with Gasteiger partial charge in [-0.2, -0.15) is 5.10 Å². The van der Waals surface area contributed by atoms with E-state index in [2.05, 4.69) is 5.10 Å². The summed E-state index contributed by atoms with van der Waals surface area (Å²) in [5.41, 5.74) is 1.37. The lowest BCUT2D eigenvalue weighted by molar-refractivity contribution is 0.0693. The van der Waals surface area contributed by atoms with E-state index in [1.807, 2.05) is 13.8 Å². The molecule has 6 nitrogen and oxygen atoms in total. The topological polar surface area (TPSA) is 84.6 Å². The minimum absolute atomic E-state index is 0.0958. The molecule has 0 aliphatic heterocycles. The van der Waals surface area contributed by atoms with Gasteiger partial charge in [-0.25, -0.2) is 9.48 Å². The predicted molar refractivity (Wildman–Crippen MR) is 72.8 cm³/mol. The van der Waals surface area contributed by atoms with Crippen molar-refractivity contribution in [3.63, 3.8) is 0 Å². The van der Waals surface area contributed by atoms with Gasteiger partial charge in [0.15, 0.2) is 5.75 Å². The molecule has 7 heteroatoms. The number of halogens is 1. The summed E-state index contributed by atoms with van der Waals surface area (Å²) in [6.45, 7) is 3.69. The molecule has 2 aromatic rings. The molecule has 0 atom stereocenters. The summed E-state index contributed by atoms with van der Waals surface area (Å²) in [6.07, 6.45) is 0. The Labute approximate surface area is 120 Å². The Morgan fingerprint density at radius 3 is 2.55 bits per heavy atom. The molecule has 0 aliphatic carbocycles. The fourth-order valence-electron chi connectivity index (χ4n) is 1.78. The molecule has 106 valence electrons. The molecule has 0 saturated heterocycles. The Morgan fingerprint density at radius 1 is 1.40 bits per heavy atom. The van der Waals surface area contributed by atoms with Crippen molar-refractivity contribution >= 4 is 17.6 Å². The summed E-state index contributed by atoms with van der Waals surface area (Å²) in [5.74, 6) is -1.02. The SMILES string of the molecule is Cc1nn(C)c(Oc2cc(O)c(C(=O)O)cc2Cl)c1C. The van der Waals surface area contributed by atoms with E-state index in [0.29, 0.717) is 5.88 Å². The van der Waals surface area contributed by atoms with E-state index in [1.54, 1.807) is 11.7 Å². The van der Waals surface area contributed by atoms with Crippen LogP contribution in [0.5, 0.6) is 17.4 Å². The van der Waals surface area contributed by atoms with Crippen LogP contribution in [0.3, 0.4) is 0 Å². The molecule has 0 unspecified atom stereocenters. The maximum absolute atomic E-state index is 10.9. The molecule has 20 heavy (non-hydrogen) atoms. The van der Waals surface area contributed by atoms with Gasteiger partial charge in [-0.15, -0.1) is 0 Å². The van der Waals surface area contributed by atoms with Crippen molar-refractivity contribution in [2.45, 2.75) is 13.8 Å². The van der Waals surface area contributed by atoms with Crippen LogP contribution in [-0.4, -0.2) is 26.0 Å². The van der Waals surface area contributed by atoms with Crippen molar-refractivity contribution in [3.8, 4) is 17.4 Å². The summed E-state index contributed by atoms with van der Waals surface area (Å²) >= 11 is 5.98. The van der Waals surface area contributed by atoms with Crippen LogP contribution in [0.15, 0.2) is 12.1 Å². The molecule has 1 aromatic carbocycles. The number of carbonyl (C=O) groups is 1. The third-order valence-electron chi connectivity index (χ3n) is 2.94. The lowest BCUT2D eigenvalue weighted by atomic mass is 10.2. The van der Waals surface area contributed by atoms with Gasteiger partial charge < -0.3 is 14.9 Å². The van der Waals surface area contributed by atoms with E-state index in [-0.39, 0.29) is 16.3 Å². The van der Waals surface area contributed by atoms with E-state index in [1.165, 1.54) is 6.07 Å². The summed E-state index contributed by atoms with van der Waals surface area (Å²) in [7, 11) is 1.72. The normalized spacial score (nSPS) is 10.6. The monoisotopic (exact) mass is 296 g/mol. The first kappa shape index (κ1) is 14.2. The third kappa shape index (κ3) is 2.42. The van der Waals surface area contributed by atoms with Crippen LogP contribution < -0.4 is 4.74 Å². The number of aromatic hydroxyl groups is 1. The minimum Gasteiger partial charge on any atom is -0.507 e. The lowest BCUT2D eigenvalue weighted by Crippen LogP contribution is -1.99. The number of hydrogen-bond donors (Lipinski definition) is 2. The number of rotatable bonds is 3. The maximum atomic E-state index is 10.9. The van der Waals surface area contributed by atoms with E-state index in [4.69, 9.17) is 21.4 Å². The maximum Gasteiger partial charge on any atom is 0.339 e. The summed E-state index contributed by atoms with van der Waals surface area (Å²) < 4.78 is 7.17. The molecule has 1 aromatic heterocycles. The molecule has 0 amide bonds. The molecule has 0 bridgehead atoms. The van der Waals surface area contributed by atoms with Crippen LogP contribution in [0, 0.1) is 13.8 Å². The molecule has 0 fully saturated rings. The average molecular weight is 297 g/mol. The largest absolute Gasteiger partial charge is 0.507 e. The van der Waals surface area contributed by atoms with Crippen LogP contribution in [0.2, 0.25) is 5.02 Å². The highest BCUT2D eigenvalue weighted by Gasteiger charge is 2.17. The number of benzene rings is 1. The van der Waals surface area contributed by atoms with Gasteiger partial charge in [0.1, 0.15) is 11.3 Å². The van der Waals surface area contributed by atoms with Crippen molar-refractivity contribution in [1.82, 2.24) is 9.78 Å². The van der Waals surface area contributed by atoms with Gasteiger partial charge in [0.05, 0.1) is 10.7 Å². The Balaban J connectivity index is 2.44. The second-order valence-electron chi connectivity index (χ2n) is 4.35. The molecule has 0 radical (unpaired) electrons. The van der Waals surface area contributed by atoms with Crippen LogP contribution in [0.1, 0.15) is 21.6 Å². The fourth-order valence-corrected chi connectivity index (χ4v) is 1.98. The second kappa shape index (κ2) is 5.05. The molecule has 0 saturated carbocycles. The fraction of sp³-hybridized carbons (Fsp3) is 0.231. The van der Waals surface area contributed by atoms with Gasteiger partial charge in [-0.1, -0.05) is 11.6 Å². The quantitative estimate of drug-likeness (QED) is 0.909. The lowest BCUT2D eigenvalue weighted by Gasteiger charge is -2.10. The van der Waals surface area contributed by atoms with Crippen molar-refractivity contribution < 1.29 is 19.7 Å². The van der Waals surface area contributed by atoms with Crippen molar-refractivity contribution in [3.05, 3.63) is 34.0 Å². The van der Waals surface area contributed by atoms with Crippen molar-refractivity contribution in [2.75, 3.05) is 0 Å². The molecule has 0 aliphatic rings. The number of phenols is 1. The van der Waals surface area contributed by atoms with E-state index in [9.17, 15) is 9.90 Å². The first-order valence-corrected chi connectivity index (χ1v) is 6.13. The Morgan fingerprint density at radius 2 is 2.05 bits per heavy atom.